The van der Waals surface area contributed by atoms with E-state index >= 15 is 0 Å². The van der Waals surface area contributed by atoms with Crippen LogP contribution in [0.5, 0.6) is 0 Å². The van der Waals surface area contributed by atoms with Gasteiger partial charge in [0.1, 0.15) is 0 Å². The summed E-state index contributed by atoms with van der Waals surface area (Å²) in [6, 6.07) is 0. The largest absolute Gasteiger partial charge is 0.379 e. The van der Waals surface area contributed by atoms with E-state index in [1.165, 1.54) is 14.1 Å². The number of rotatable bonds is 1. The molecule has 0 aromatic heterocycles. The van der Waals surface area contributed by atoms with Crippen molar-refractivity contribution in [1.82, 2.24) is 4.31 Å². The highest BCUT2D eigenvalue weighted by Gasteiger charge is 2.05. The number of halogens is 2. The first-order valence-corrected chi connectivity index (χ1v) is 3.29. The molecular formula is C5H16F2N2S+2. The van der Waals surface area contributed by atoms with Crippen LogP contribution in [0.1, 0.15) is 0 Å². The summed E-state index contributed by atoms with van der Waals surface area (Å²) in [5.41, 5.74) is 0. The second-order valence-electron chi connectivity index (χ2n) is 2.27. The fourth-order valence-corrected chi connectivity index (χ4v) is 0. The Morgan fingerprint density at radius 1 is 1.30 bits per heavy atom. The van der Waals surface area contributed by atoms with E-state index < -0.39 is 6.55 Å². The predicted molar refractivity (Wildman–Crippen MR) is 42.7 cm³/mol. The Balaban J connectivity index is 0. The van der Waals surface area contributed by atoms with E-state index in [0.29, 0.717) is 0 Å². The normalized spacial score (nSPS) is 10.2. The van der Waals surface area contributed by atoms with E-state index in [9.17, 15) is 8.78 Å². The molecule has 0 saturated heterocycles. The van der Waals surface area contributed by atoms with E-state index in [0.717, 1.165) is 0 Å². The predicted octanol–water partition coefficient (Wildman–Crippen LogP) is -1.17. The fraction of sp³-hybridized carbons (Fsp3) is 1.00. The van der Waals surface area contributed by atoms with Crippen molar-refractivity contribution in [2.75, 3.05) is 28.2 Å². The first-order valence-electron chi connectivity index (χ1n) is 2.84. The van der Waals surface area contributed by atoms with Crippen LogP contribution in [0.15, 0.2) is 0 Å². The van der Waals surface area contributed by atoms with Crippen molar-refractivity contribution in [2.24, 2.45) is 0 Å². The van der Waals surface area contributed by atoms with Crippen molar-refractivity contribution >= 4 is 12.8 Å². The van der Waals surface area contributed by atoms with Crippen LogP contribution in [0.2, 0.25) is 0 Å². The molecule has 0 aliphatic rings. The molecule has 0 heterocycles. The van der Waals surface area contributed by atoms with Crippen molar-refractivity contribution in [1.29, 1.82) is 0 Å². The zero-order valence-corrected chi connectivity index (χ0v) is 7.78. The summed E-state index contributed by atoms with van der Waals surface area (Å²) >= 11 is 3.15. The smallest absolute Gasteiger partial charge is 0.282 e. The molecule has 0 unspecified atom stereocenters. The fourth-order valence-electron chi connectivity index (χ4n) is 0. The number of nitrogens with one attached hydrogen (secondary N) is 1. The summed E-state index contributed by atoms with van der Waals surface area (Å²) < 4.78 is 24.0. The summed E-state index contributed by atoms with van der Waals surface area (Å²) in [6.45, 7) is -2.23. The number of quaternary nitrogens is 1. The van der Waals surface area contributed by atoms with Gasteiger partial charge in [0.15, 0.2) is 0 Å². The van der Waals surface area contributed by atoms with Crippen molar-refractivity contribution < 1.29 is 13.7 Å². The maximum Gasteiger partial charge on any atom is 0.379 e. The SMILES string of the molecule is CN(C)[SH2+].C[NH+](C)C(F)F. The van der Waals surface area contributed by atoms with Crippen LogP contribution in [0.25, 0.3) is 0 Å². The molecule has 0 amide bonds. The zero-order chi connectivity index (χ0) is 8.73. The Kier molecular flexibility index (Phi) is 9.25. The molecule has 0 radical (unpaired) electrons. The monoisotopic (exact) mass is 174 g/mol. The summed E-state index contributed by atoms with van der Waals surface area (Å²) in [5.74, 6) is 0. The molecule has 0 fully saturated rings. The van der Waals surface area contributed by atoms with Crippen molar-refractivity contribution in [3.63, 3.8) is 0 Å². The van der Waals surface area contributed by atoms with E-state index in [4.69, 9.17) is 0 Å². The molecule has 0 atom stereocenters. The van der Waals surface area contributed by atoms with Gasteiger partial charge in [-0.3, -0.25) is 4.90 Å². The summed E-state index contributed by atoms with van der Waals surface area (Å²) in [5, 5.41) is 0. The lowest BCUT2D eigenvalue weighted by molar-refractivity contribution is -0.919. The number of hydrogen-bond acceptors (Lipinski definition) is 1. The molecule has 1 N–H and O–H groups in total. The van der Waals surface area contributed by atoms with E-state index in [-0.39, 0.29) is 4.90 Å². The minimum Gasteiger partial charge on any atom is -0.282 e. The van der Waals surface area contributed by atoms with Gasteiger partial charge < -0.3 is 0 Å². The third-order valence-electron chi connectivity index (χ3n) is 0.436. The lowest BCUT2D eigenvalue weighted by Gasteiger charge is -2.01. The Labute approximate surface area is 66.3 Å². The summed E-state index contributed by atoms with van der Waals surface area (Å²) in [6.07, 6.45) is 0. The molecule has 0 aliphatic carbocycles. The molecule has 5 heteroatoms. The first kappa shape index (κ1) is 12.8. The Morgan fingerprint density at radius 3 is 1.40 bits per heavy atom. The number of alkyl halides is 2. The Morgan fingerprint density at radius 2 is 1.40 bits per heavy atom. The van der Waals surface area contributed by atoms with Crippen molar-refractivity contribution in [3.8, 4) is 0 Å². The molecule has 64 valence electrons. The van der Waals surface area contributed by atoms with Gasteiger partial charge in [0.25, 0.3) is 0 Å². The average molecular weight is 174 g/mol. The third-order valence-corrected chi connectivity index (χ3v) is 0.436. The van der Waals surface area contributed by atoms with Crippen LogP contribution < -0.4 is 4.90 Å². The maximum atomic E-state index is 11.1. The molecule has 0 saturated carbocycles. The second-order valence-corrected chi connectivity index (χ2v) is 3.17. The molecule has 0 aromatic rings. The standard InChI is InChI=1S/C3H7F2N.C2H7NS/c1-6(2)3(4)5;1-3(2)4/h3H,1-2H3;4H,1-2H3/p+2. The summed E-state index contributed by atoms with van der Waals surface area (Å²) in [7, 11) is 6.64. The van der Waals surface area contributed by atoms with E-state index in [2.05, 4.69) is 12.8 Å². The van der Waals surface area contributed by atoms with Crippen molar-refractivity contribution in [3.05, 3.63) is 0 Å². The second kappa shape index (κ2) is 7.24. The van der Waals surface area contributed by atoms with Crippen LogP contribution in [0.3, 0.4) is 0 Å². The molecule has 0 spiro atoms. The van der Waals surface area contributed by atoms with Gasteiger partial charge in [-0.15, -0.1) is 4.31 Å². The minimum atomic E-state index is -2.23. The summed E-state index contributed by atoms with van der Waals surface area (Å²) in [4.78, 5) is 0.176. The third kappa shape index (κ3) is 24.2. The van der Waals surface area contributed by atoms with Gasteiger partial charge >= 0.3 is 6.55 Å². The first-order chi connectivity index (χ1) is 4.37. The molecule has 0 bridgehead atoms. The Bertz CT molecular complexity index is 59.9. The van der Waals surface area contributed by atoms with Crippen LogP contribution in [0.4, 0.5) is 8.78 Å². The van der Waals surface area contributed by atoms with E-state index in [1.807, 2.05) is 14.1 Å². The topological polar surface area (TPSA) is 7.68 Å². The van der Waals surface area contributed by atoms with Gasteiger partial charge in [0.05, 0.1) is 14.1 Å². The highest BCUT2D eigenvalue weighted by Crippen LogP contribution is 1.72. The van der Waals surface area contributed by atoms with Gasteiger partial charge in [-0.2, -0.15) is 8.78 Å². The molecule has 0 rings (SSSR count). The van der Waals surface area contributed by atoms with Gasteiger partial charge in [-0.25, -0.2) is 0 Å². The molecule has 2 nitrogen and oxygen atoms in total. The maximum absolute atomic E-state index is 11.1. The van der Waals surface area contributed by atoms with Crippen LogP contribution >= 0.6 is 0 Å². The molecule has 0 aliphatic heterocycles. The lowest BCUT2D eigenvalue weighted by Crippen LogP contribution is -3.08. The lowest BCUT2D eigenvalue weighted by atomic mass is 10.9. The van der Waals surface area contributed by atoms with E-state index in [1.54, 1.807) is 4.31 Å². The highest BCUT2D eigenvalue weighted by atomic mass is 32.1. The van der Waals surface area contributed by atoms with Gasteiger partial charge in [-0.05, 0) is 0 Å². The quantitative estimate of drug-likeness (QED) is 0.389. The van der Waals surface area contributed by atoms with Gasteiger partial charge in [0.2, 0.25) is 0 Å². The van der Waals surface area contributed by atoms with Crippen LogP contribution in [0, 0.1) is 0 Å². The highest BCUT2D eigenvalue weighted by molar-refractivity contribution is 7.55. The van der Waals surface area contributed by atoms with Gasteiger partial charge in [-0.1, -0.05) is 0 Å². The molecule has 10 heavy (non-hydrogen) atoms. The van der Waals surface area contributed by atoms with Crippen molar-refractivity contribution in [2.45, 2.75) is 6.55 Å². The zero-order valence-electron chi connectivity index (χ0n) is 6.78. The molecular weight excluding hydrogens is 158 g/mol. The Hall–Kier alpha value is 0.130. The number of nitrogens with zero attached hydrogens (tertiary/aromatic N) is 1. The van der Waals surface area contributed by atoms with Crippen LogP contribution in [-0.2, 0) is 12.8 Å². The van der Waals surface area contributed by atoms with Gasteiger partial charge in [0, 0.05) is 26.9 Å². The average Bonchev–Trinajstić information content (AvgIpc) is 1.63. The number of hydrogen-bond donors (Lipinski definition) is 1. The van der Waals surface area contributed by atoms with Crippen LogP contribution in [-0.4, -0.2) is 39.0 Å². The minimum absolute atomic E-state index is 0.176. The molecule has 0 aromatic carbocycles.